The summed E-state index contributed by atoms with van der Waals surface area (Å²) >= 11 is 0. The summed E-state index contributed by atoms with van der Waals surface area (Å²) in [4.78, 5) is -0.0116. The lowest BCUT2D eigenvalue weighted by atomic mass is 10.1. The third kappa shape index (κ3) is 4.71. The normalized spacial score (nSPS) is 10.6. The summed E-state index contributed by atoms with van der Waals surface area (Å²) in [5.74, 6) is 0. The summed E-state index contributed by atoms with van der Waals surface area (Å²) in [6.07, 6.45) is 0. The summed E-state index contributed by atoms with van der Waals surface area (Å²) in [7, 11) is -4.06. The molecule has 0 saturated heterocycles. The SMILES string of the molecule is Cc1cccc(S(=O)(=O)O)c1C.NCCO. The van der Waals surface area contributed by atoms with Gasteiger partial charge >= 0.3 is 0 Å². The fraction of sp³-hybridized carbons (Fsp3) is 0.400. The Morgan fingerprint density at radius 2 is 1.81 bits per heavy atom. The Bertz CT molecular complexity index is 426. The van der Waals surface area contributed by atoms with E-state index in [1.165, 1.54) is 6.07 Å². The topological polar surface area (TPSA) is 101 Å². The van der Waals surface area contributed by atoms with E-state index in [0.717, 1.165) is 5.56 Å². The van der Waals surface area contributed by atoms with E-state index in [1.807, 2.05) is 0 Å². The number of benzene rings is 1. The number of aliphatic hydroxyl groups is 1. The minimum absolute atomic E-state index is 0.0116. The van der Waals surface area contributed by atoms with Crippen LogP contribution in [0.3, 0.4) is 0 Å². The predicted molar refractivity (Wildman–Crippen MR) is 61.9 cm³/mol. The van der Waals surface area contributed by atoms with Crippen molar-refractivity contribution in [1.29, 1.82) is 0 Å². The second-order valence-corrected chi connectivity index (χ2v) is 4.58. The summed E-state index contributed by atoms with van der Waals surface area (Å²) in [6, 6.07) is 4.78. The van der Waals surface area contributed by atoms with Crippen LogP contribution in [0.25, 0.3) is 0 Å². The highest BCUT2D eigenvalue weighted by molar-refractivity contribution is 7.85. The Morgan fingerprint density at radius 3 is 2.12 bits per heavy atom. The van der Waals surface area contributed by atoms with Gasteiger partial charge in [-0.3, -0.25) is 4.55 Å². The van der Waals surface area contributed by atoms with Gasteiger partial charge in [-0.15, -0.1) is 0 Å². The molecule has 0 heterocycles. The predicted octanol–water partition coefficient (Wildman–Crippen LogP) is 0.488. The van der Waals surface area contributed by atoms with Crippen molar-refractivity contribution in [3.05, 3.63) is 29.3 Å². The fourth-order valence-corrected chi connectivity index (χ4v) is 1.80. The van der Waals surface area contributed by atoms with Gasteiger partial charge in [0.25, 0.3) is 10.1 Å². The Kier molecular flexibility index (Phi) is 6.20. The molecule has 0 atom stereocenters. The van der Waals surface area contributed by atoms with Gasteiger partial charge in [0, 0.05) is 6.54 Å². The van der Waals surface area contributed by atoms with Gasteiger partial charge in [0.05, 0.1) is 11.5 Å². The molecule has 0 bridgehead atoms. The first-order valence-electron chi connectivity index (χ1n) is 4.69. The molecule has 0 fully saturated rings. The van der Waals surface area contributed by atoms with Gasteiger partial charge in [-0.25, -0.2) is 0 Å². The van der Waals surface area contributed by atoms with E-state index in [9.17, 15) is 8.42 Å². The second kappa shape index (κ2) is 6.59. The molecule has 0 aliphatic carbocycles. The van der Waals surface area contributed by atoms with Gasteiger partial charge in [-0.05, 0) is 31.0 Å². The largest absolute Gasteiger partial charge is 0.395 e. The molecule has 1 aromatic rings. The monoisotopic (exact) mass is 247 g/mol. The first-order chi connectivity index (χ1) is 7.34. The number of rotatable bonds is 2. The Balaban J connectivity index is 0.000000487. The third-order valence-corrected chi connectivity index (χ3v) is 2.96. The van der Waals surface area contributed by atoms with Crippen LogP contribution in [0.2, 0.25) is 0 Å². The van der Waals surface area contributed by atoms with Crippen LogP contribution in [0.1, 0.15) is 11.1 Å². The van der Waals surface area contributed by atoms with E-state index in [2.05, 4.69) is 0 Å². The molecule has 0 saturated carbocycles. The maximum Gasteiger partial charge on any atom is 0.294 e. The average molecular weight is 247 g/mol. The van der Waals surface area contributed by atoms with Crippen molar-refractivity contribution in [3.8, 4) is 0 Å². The van der Waals surface area contributed by atoms with Crippen molar-refractivity contribution < 1.29 is 18.1 Å². The number of nitrogens with two attached hydrogens (primary N) is 1. The van der Waals surface area contributed by atoms with Gasteiger partial charge in [0.15, 0.2) is 0 Å². The number of hydrogen-bond donors (Lipinski definition) is 3. The van der Waals surface area contributed by atoms with Crippen LogP contribution in [0.5, 0.6) is 0 Å². The van der Waals surface area contributed by atoms with Crippen LogP contribution >= 0.6 is 0 Å². The molecule has 0 amide bonds. The minimum atomic E-state index is -4.06. The zero-order chi connectivity index (χ0) is 12.8. The van der Waals surface area contributed by atoms with E-state index in [-0.39, 0.29) is 11.5 Å². The molecule has 1 aromatic carbocycles. The zero-order valence-corrected chi connectivity index (χ0v) is 10.2. The molecule has 0 unspecified atom stereocenters. The average Bonchev–Trinajstić information content (AvgIpc) is 2.21. The molecular weight excluding hydrogens is 230 g/mol. The second-order valence-electron chi connectivity index (χ2n) is 3.19. The van der Waals surface area contributed by atoms with E-state index in [1.54, 1.807) is 26.0 Å². The highest BCUT2D eigenvalue weighted by atomic mass is 32.2. The first kappa shape index (κ1) is 15.0. The third-order valence-electron chi connectivity index (χ3n) is 1.96. The lowest BCUT2D eigenvalue weighted by Crippen LogP contribution is -2.02. The molecule has 0 radical (unpaired) electrons. The van der Waals surface area contributed by atoms with Crippen LogP contribution in [-0.2, 0) is 10.1 Å². The Labute approximate surface area is 95.7 Å². The van der Waals surface area contributed by atoms with Crippen LogP contribution in [-0.4, -0.2) is 31.2 Å². The minimum Gasteiger partial charge on any atom is -0.395 e. The standard InChI is InChI=1S/C8H10O3S.C2H7NO/c1-6-4-3-5-8(7(6)2)12(9,10)11;3-1-2-4/h3-5H,1-2H3,(H,9,10,11);4H,1-3H2. The number of aliphatic hydroxyl groups excluding tert-OH is 1. The summed E-state index contributed by atoms with van der Waals surface area (Å²) in [6.45, 7) is 3.93. The first-order valence-corrected chi connectivity index (χ1v) is 6.13. The van der Waals surface area contributed by atoms with Crippen LogP contribution < -0.4 is 5.73 Å². The highest BCUT2D eigenvalue weighted by Crippen LogP contribution is 2.17. The van der Waals surface area contributed by atoms with E-state index >= 15 is 0 Å². The molecule has 92 valence electrons. The van der Waals surface area contributed by atoms with Crippen molar-refractivity contribution >= 4 is 10.1 Å². The van der Waals surface area contributed by atoms with Crippen LogP contribution in [0.4, 0.5) is 0 Å². The molecule has 0 aromatic heterocycles. The molecule has 6 heteroatoms. The van der Waals surface area contributed by atoms with Gasteiger partial charge in [-0.2, -0.15) is 8.42 Å². The van der Waals surface area contributed by atoms with Gasteiger partial charge in [0.2, 0.25) is 0 Å². The fourth-order valence-electron chi connectivity index (χ4n) is 1.00. The highest BCUT2D eigenvalue weighted by Gasteiger charge is 2.12. The molecule has 5 nitrogen and oxygen atoms in total. The van der Waals surface area contributed by atoms with E-state index in [4.69, 9.17) is 15.4 Å². The van der Waals surface area contributed by atoms with Crippen LogP contribution in [0.15, 0.2) is 23.1 Å². The number of aryl methyl sites for hydroxylation is 1. The van der Waals surface area contributed by atoms with E-state index in [0.29, 0.717) is 12.1 Å². The lowest BCUT2D eigenvalue weighted by Gasteiger charge is -2.03. The van der Waals surface area contributed by atoms with Gasteiger partial charge in [0.1, 0.15) is 0 Å². The van der Waals surface area contributed by atoms with E-state index < -0.39 is 10.1 Å². The zero-order valence-electron chi connectivity index (χ0n) is 9.34. The van der Waals surface area contributed by atoms with Crippen molar-refractivity contribution in [2.45, 2.75) is 18.7 Å². The molecule has 1 rings (SSSR count). The smallest absolute Gasteiger partial charge is 0.294 e. The van der Waals surface area contributed by atoms with Crippen molar-refractivity contribution in [2.24, 2.45) is 5.73 Å². The van der Waals surface area contributed by atoms with Gasteiger partial charge < -0.3 is 10.8 Å². The Hall–Kier alpha value is -0.950. The summed E-state index contributed by atoms with van der Waals surface area (Å²) < 4.78 is 30.3. The molecule has 0 spiro atoms. The number of hydrogen-bond acceptors (Lipinski definition) is 4. The van der Waals surface area contributed by atoms with Crippen LogP contribution in [0, 0.1) is 13.8 Å². The molecular formula is C10H17NO4S. The van der Waals surface area contributed by atoms with Crippen molar-refractivity contribution in [1.82, 2.24) is 0 Å². The van der Waals surface area contributed by atoms with Crippen molar-refractivity contribution in [3.63, 3.8) is 0 Å². The lowest BCUT2D eigenvalue weighted by molar-refractivity contribution is 0.306. The Morgan fingerprint density at radius 1 is 1.31 bits per heavy atom. The molecule has 0 aliphatic heterocycles. The quantitative estimate of drug-likeness (QED) is 0.660. The molecule has 4 N–H and O–H groups in total. The van der Waals surface area contributed by atoms with Crippen molar-refractivity contribution in [2.75, 3.05) is 13.2 Å². The molecule has 16 heavy (non-hydrogen) atoms. The summed E-state index contributed by atoms with van der Waals surface area (Å²) in [5.41, 5.74) is 6.23. The maximum atomic E-state index is 10.8. The molecule has 0 aliphatic rings. The van der Waals surface area contributed by atoms with Gasteiger partial charge in [-0.1, -0.05) is 12.1 Å². The maximum absolute atomic E-state index is 10.8. The summed E-state index contributed by atoms with van der Waals surface area (Å²) in [5, 5.41) is 7.75.